The van der Waals surface area contributed by atoms with Crippen molar-refractivity contribution in [3.05, 3.63) is 42.5 Å². The molecule has 0 amide bonds. The molecule has 90 valence electrons. The van der Waals surface area contributed by atoms with Crippen molar-refractivity contribution in [1.82, 2.24) is 0 Å². The van der Waals surface area contributed by atoms with E-state index in [1.165, 1.54) is 31.4 Å². The molecule has 0 saturated carbocycles. The fraction of sp³-hybridized carbons (Fsp3) is 0.0909. The number of benzene rings is 1. The lowest BCUT2D eigenvalue weighted by atomic mass is 10.2. The summed E-state index contributed by atoms with van der Waals surface area (Å²) in [6.07, 6.45) is 0.920. The maximum atomic E-state index is 11.1. The van der Waals surface area contributed by atoms with Gasteiger partial charge < -0.3 is 4.74 Å². The third-order valence-corrected chi connectivity index (χ3v) is 1.69. The molecule has 0 aliphatic carbocycles. The zero-order valence-corrected chi connectivity index (χ0v) is 9.04. The lowest BCUT2D eigenvalue weighted by Gasteiger charge is -2.02. The predicted molar refractivity (Wildman–Crippen MR) is 55.8 cm³/mol. The van der Waals surface area contributed by atoms with Crippen LogP contribution in [0.2, 0.25) is 0 Å². The molecule has 6 heteroatoms. The van der Waals surface area contributed by atoms with Gasteiger partial charge >= 0.3 is 11.9 Å². The van der Waals surface area contributed by atoms with Crippen LogP contribution in [0.3, 0.4) is 0 Å². The average Bonchev–Trinajstić information content (AvgIpc) is 2.38. The summed E-state index contributed by atoms with van der Waals surface area (Å²) in [4.78, 5) is 30.4. The zero-order valence-electron chi connectivity index (χ0n) is 9.04. The van der Waals surface area contributed by atoms with Gasteiger partial charge in [0, 0.05) is 11.1 Å². The Morgan fingerprint density at radius 3 is 2.41 bits per heavy atom. The fourth-order valence-electron chi connectivity index (χ4n) is 0.888. The Morgan fingerprint density at radius 2 is 1.88 bits per heavy atom. The van der Waals surface area contributed by atoms with Gasteiger partial charge in [-0.3, -0.25) is 9.78 Å². The SMILES string of the molecule is C=CC(=O)OOOc1ccc(C(=O)OC)cc1. The van der Waals surface area contributed by atoms with Crippen LogP contribution in [0.4, 0.5) is 0 Å². The summed E-state index contributed by atoms with van der Waals surface area (Å²) < 4.78 is 4.51. The summed E-state index contributed by atoms with van der Waals surface area (Å²) in [6, 6.07) is 5.85. The van der Waals surface area contributed by atoms with Crippen LogP contribution >= 0.6 is 0 Å². The van der Waals surface area contributed by atoms with E-state index in [1.54, 1.807) is 0 Å². The second-order valence-corrected chi connectivity index (χ2v) is 2.77. The third-order valence-electron chi connectivity index (χ3n) is 1.69. The van der Waals surface area contributed by atoms with Crippen molar-refractivity contribution in [3.63, 3.8) is 0 Å². The van der Waals surface area contributed by atoms with E-state index < -0.39 is 11.9 Å². The molecule has 0 saturated heterocycles. The Balaban J connectivity index is 2.48. The van der Waals surface area contributed by atoms with E-state index in [2.05, 4.69) is 26.1 Å². The largest absolute Gasteiger partial charge is 0.465 e. The van der Waals surface area contributed by atoms with E-state index in [9.17, 15) is 9.59 Å². The van der Waals surface area contributed by atoms with Crippen molar-refractivity contribution in [2.45, 2.75) is 0 Å². The summed E-state index contributed by atoms with van der Waals surface area (Å²) in [7, 11) is 1.28. The predicted octanol–water partition coefficient (Wildman–Crippen LogP) is 1.43. The highest BCUT2D eigenvalue weighted by Crippen LogP contribution is 2.13. The molecule has 1 aromatic rings. The minimum Gasteiger partial charge on any atom is -0.465 e. The van der Waals surface area contributed by atoms with Crippen molar-refractivity contribution in [1.29, 1.82) is 0 Å². The molecule has 0 N–H and O–H groups in total. The second kappa shape index (κ2) is 6.29. The molecule has 0 atom stereocenters. The maximum Gasteiger partial charge on any atom is 0.369 e. The molecule has 17 heavy (non-hydrogen) atoms. The van der Waals surface area contributed by atoms with E-state index in [0.717, 1.165) is 6.08 Å². The molecular weight excluding hydrogens is 228 g/mol. The number of hydrogen-bond acceptors (Lipinski definition) is 6. The molecule has 0 fully saturated rings. The van der Waals surface area contributed by atoms with Crippen LogP contribution in [-0.2, 0) is 19.5 Å². The first-order chi connectivity index (χ1) is 8.17. The first-order valence-corrected chi connectivity index (χ1v) is 4.53. The highest BCUT2D eigenvalue weighted by molar-refractivity contribution is 5.89. The molecule has 0 aromatic heterocycles. The molecule has 0 spiro atoms. The van der Waals surface area contributed by atoms with Crippen molar-refractivity contribution < 1.29 is 29.1 Å². The van der Waals surface area contributed by atoms with Gasteiger partial charge in [-0.2, -0.15) is 0 Å². The van der Waals surface area contributed by atoms with E-state index in [0.29, 0.717) is 5.56 Å². The highest BCUT2D eigenvalue weighted by Gasteiger charge is 2.05. The number of carbonyl (C=O) groups is 2. The van der Waals surface area contributed by atoms with E-state index in [-0.39, 0.29) is 5.75 Å². The van der Waals surface area contributed by atoms with E-state index >= 15 is 0 Å². The molecule has 6 nitrogen and oxygen atoms in total. The summed E-state index contributed by atoms with van der Waals surface area (Å²) in [5.74, 6) is -0.985. The van der Waals surface area contributed by atoms with Crippen LogP contribution in [0, 0.1) is 0 Å². The molecule has 0 radical (unpaired) electrons. The van der Waals surface area contributed by atoms with E-state index in [1.807, 2.05) is 0 Å². The summed E-state index contributed by atoms with van der Waals surface area (Å²) in [5, 5.41) is 4.16. The molecule has 0 aliphatic rings. The van der Waals surface area contributed by atoms with Crippen LogP contribution in [-0.4, -0.2) is 19.0 Å². The van der Waals surface area contributed by atoms with Gasteiger partial charge in [-0.05, 0) is 24.3 Å². The molecule has 0 bridgehead atoms. The minimum absolute atomic E-state index is 0.259. The molecule has 1 rings (SSSR count). The number of methoxy groups -OCH3 is 1. The standard InChI is InChI=1S/C11H10O6/c1-3-10(12)16-17-15-9-6-4-8(5-7-9)11(13)14-2/h3-7H,1H2,2H3. The normalized spacial score (nSPS) is 9.24. The molecule has 0 unspecified atom stereocenters. The molecule has 0 heterocycles. The van der Waals surface area contributed by atoms with Crippen molar-refractivity contribution >= 4 is 11.9 Å². The van der Waals surface area contributed by atoms with E-state index in [4.69, 9.17) is 0 Å². The van der Waals surface area contributed by atoms with Crippen LogP contribution in [0.25, 0.3) is 0 Å². The van der Waals surface area contributed by atoms with Crippen LogP contribution in [0.1, 0.15) is 10.4 Å². The van der Waals surface area contributed by atoms with Gasteiger partial charge in [0.25, 0.3) is 0 Å². The van der Waals surface area contributed by atoms with Crippen molar-refractivity contribution in [2.75, 3.05) is 7.11 Å². The van der Waals surface area contributed by atoms with Gasteiger partial charge in [0.15, 0.2) is 5.75 Å². The number of rotatable bonds is 5. The lowest BCUT2D eigenvalue weighted by molar-refractivity contribution is -0.434. The Kier molecular flexibility index (Phi) is 4.71. The first kappa shape index (κ1) is 12.7. The molecule has 1 aromatic carbocycles. The maximum absolute atomic E-state index is 11.1. The average molecular weight is 238 g/mol. The fourth-order valence-corrected chi connectivity index (χ4v) is 0.888. The van der Waals surface area contributed by atoms with Crippen LogP contribution < -0.4 is 4.89 Å². The summed E-state index contributed by atoms with van der Waals surface area (Å²) in [6.45, 7) is 3.17. The minimum atomic E-state index is -0.781. The zero-order chi connectivity index (χ0) is 12.7. The second-order valence-electron chi connectivity index (χ2n) is 2.77. The smallest absolute Gasteiger partial charge is 0.369 e. The Morgan fingerprint density at radius 1 is 1.24 bits per heavy atom. The molecule has 0 aliphatic heterocycles. The van der Waals surface area contributed by atoms with Gasteiger partial charge in [-0.1, -0.05) is 6.58 Å². The van der Waals surface area contributed by atoms with Gasteiger partial charge in [-0.25, -0.2) is 9.59 Å². The summed E-state index contributed by atoms with van der Waals surface area (Å²) in [5.41, 5.74) is 0.364. The number of carbonyl (C=O) groups excluding carboxylic acids is 2. The van der Waals surface area contributed by atoms with Crippen LogP contribution in [0.5, 0.6) is 5.75 Å². The topological polar surface area (TPSA) is 71.1 Å². The Bertz CT molecular complexity index is 408. The quantitative estimate of drug-likeness (QED) is 0.334. The third kappa shape index (κ3) is 3.96. The Labute approximate surface area is 97.2 Å². The monoisotopic (exact) mass is 238 g/mol. The first-order valence-electron chi connectivity index (χ1n) is 4.53. The lowest BCUT2D eigenvalue weighted by Crippen LogP contribution is -2.05. The highest BCUT2D eigenvalue weighted by atomic mass is 17.5. The van der Waals surface area contributed by atoms with Gasteiger partial charge in [0.2, 0.25) is 0 Å². The number of esters is 1. The van der Waals surface area contributed by atoms with Gasteiger partial charge in [0.1, 0.15) is 0 Å². The van der Waals surface area contributed by atoms with Crippen LogP contribution in [0.15, 0.2) is 36.9 Å². The Hall–Kier alpha value is -2.34. The van der Waals surface area contributed by atoms with Gasteiger partial charge in [0.05, 0.1) is 12.7 Å². The number of hydrogen-bond donors (Lipinski definition) is 0. The summed E-state index contributed by atoms with van der Waals surface area (Å²) >= 11 is 0. The number of ether oxygens (including phenoxy) is 1. The molecular formula is C11H10O6. The van der Waals surface area contributed by atoms with Crippen molar-refractivity contribution in [2.24, 2.45) is 0 Å². The van der Waals surface area contributed by atoms with Gasteiger partial charge in [-0.15, -0.1) is 0 Å². The van der Waals surface area contributed by atoms with Crippen molar-refractivity contribution in [3.8, 4) is 5.75 Å².